The van der Waals surface area contributed by atoms with Crippen LogP contribution in [0.4, 0.5) is 8.78 Å². The molecule has 0 saturated heterocycles. The number of fused-ring (bicyclic) bond motifs is 1. The molecule has 3 rings (SSSR count). The number of hydrogen-bond donors (Lipinski definition) is 2. The molecule has 0 bridgehead atoms. The van der Waals surface area contributed by atoms with E-state index >= 15 is 0 Å². The third-order valence-electron chi connectivity index (χ3n) is 3.37. The number of halogens is 2. The molecule has 2 heterocycles. The van der Waals surface area contributed by atoms with Crippen molar-refractivity contribution in [2.75, 3.05) is 6.61 Å². The highest BCUT2D eigenvalue weighted by atomic mass is 32.2. The number of ether oxygens (including phenoxy) is 1. The predicted octanol–water partition coefficient (Wildman–Crippen LogP) is 1.99. The molecule has 0 unspecified atom stereocenters. The summed E-state index contributed by atoms with van der Waals surface area (Å²) >= 11 is 0. The van der Waals surface area contributed by atoms with Crippen molar-refractivity contribution in [1.82, 2.24) is 14.9 Å². The highest BCUT2D eigenvalue weighted by Crippen LogP contribution is 2.24. The number of hydrogen-bond acceptors (Lipinski definition) is 6. The summed E-state index contributed by atoms with van der Waals surface area (Å²) in [5, 5.41) is 2.89. The van der Waals surface area contributed by atoms with Crippen LogP contribution in [0.15, 0.2) is 35.2 Å². The summed E-state index contributed by atoms with van der Waals surface area (Å²) in [4.78, 5) is 15.2. The number of alkyl halides is 2. The lowest BCUT2D eigenvalue weighted by Gasteiger charge is -2.08. The summed E-state index contributed by atoms with van der Waals surface area (Å²) < 4.78 is 60.2. The van der Waals surface area contributed by atoms with E-state index in [0.717, 1.165) is 0 Å². The third kappa shape index (κ3) is 4.62. The average Bonchev–Trinajstić information content (AvgIpc) is 3.16. The van der Waals surface area contributed by atoms with E-state index < -0.39 is 22.6 Å². The molecule has 11 heteroatoms. The first-order chi connectivity index (χ1) is 12.3. The van der Waals surface area contributed by atoms with Crippen molar-refractivity contribution in [3.05, 3.63) is 47.5 Å². The second kappa shape index (κ2) is 8.34. The van der Waals surface area contributed by atoms with Crippen LogP contribution in [0, 0.1) is 0 Å². The molecule has 0 fully saturated rings. The number of esters is 1. The minimum absolute atomic E-state index is 0.0741. The summed E-state index contributed by atoms with van der Waals surface area (Å²) in [6.45, 7) is -0.329. The van der Waals surface area contributed by atoms with Gasteiger partial charge in [-0.25, -0.2) is 9.78 Å². The lowest BCUT2D eigenvalue weighted by Crippen LogP contribution is -2.17. The predicted molar refractivity (Wildman–Crippen MR) is 86.2 cm³/mol. The van der Waals surface area contributed by atoms with E-state index in [-0.39, 0.29) is 17.3 Å². The molecule has 26 heavy (non-hydrogen) atoms. The van der Waals surface area contributed by atoms with Gasteiger partial charge in [-0.2, -0.15) is 17.2 Å². The minimum atomic E-state index is -4.00. The van der Waals surface area contributed by atoms with E-state index in [2.05, 4.69) is 15.0 Å². The molecule has 0 radical (unpaired) electrons. The molecule has 1 aromatic heterocycles. The van der Waals surface area contributed by atoms with Crippen molar-refractivity contribution in [3.63, 3.8) is 0 Å². The van der Waals surface area contributed by atoms with Gasteiger partial charge >= 0.3 is 12.5 Å². The normalized spacial score (nSPS) is 13.1. The molecule has 1 aliphatic rings. The number of aromatic nitrogens is 2. The third-order valence-corrected chi connectivity index (χ3v) is 4.24. The first-order valence-electron chi connectivity index (χ1n) is 7.54. The molecule has 0 spiro atoms. The molecule has 1 aliphatic heterocycles. The van der Waals surface area contributed by atoms with Crippen LogP contribution in [-0.2, 0) is 27.9 Å². The fraction of sp³-hybridized carbons (Fsp3) is 0.333. The quantitative estimate of drug-likeness (QED) is 0.608. The van der Waals surface area contributed by atoms with Crippen LogP contribution in [0.25, 0.3) is 0 Å². The minimum Gasteiger partial charge on any atom is -0.460 e. The fourth-order valence-corrected chi connectivity index (χ4v) is 2.78. The van der Waals surface area contributed by atoms with Crippen LogP contribution < -0.4 is 5.32 Å². The molecular formula is C15H17F2N3O5S. The summed E-state index contributed by atoms with van der Waals surface area (Å²) in [5.74, 6) is -1.12. The van der Waals surface area contributed by atoms with Gasteiger partial charge in [0.25, 0.3) is 10.1 Å². The average molecular weight is 389 g/mol. The van der Waals surface area contributed by atoms with Crippen LogP contribution in [0.3, 0.4) is 0 Å². The molecule has 0 amide bonds. The Labute approximate surface area is 148 Å². The van der Waals surface area contributed by atoms with Gasteiger partial charge in [-0.05, 0) is 19.1 Å². The van der Waals surface area contributed by atoms with Crippen LogP contribution in [0.1, 0.15) is 35.5 Å². The Morgan fingerprint density at radius 1 is 1.35 bits per heavy atom. The van der Waals surface area contributed by atoms with Crippen molar-refractivity contribution in [2.45, 2.75) is 31.5 Å². The highest BCUT2D eigenvalue weighted by Gasteiger charge is 2.29. The van der Waals surface area contributed by atoms with E-state index in [4.69, 9.17) is 4.55 Å². The number of carbonyl (C=O) groups is 1. The number of carbonyl (C=O) groups excluding carboxylic acids is 1. The molecule has 0 atom stereocenters. The first-order valence-corrected chi connectivity index (χ1v) is 8.98. The Morgan fingerprint density at radius 3 is 2.50 bits per heavy atom. The monoisotopic (exact) mass is 389 g/mol. The van der Waals surface area contributed by atoms with Crippen LogP contribution in [-0.4, -0.2) is 35.1 Å². The largest absolute Gasteiger partial charge is 0.460 e. The van der Waals surface area contributed by atoms with Gasteiger partial charge in [-0.3, -0.25) is 9.12 Å². The van der Waals surface area contributed by atoms with Crippen molar-refractivity contribution >= 4 is 16.1 Å². The van der Waals surface area contributed by atoms with Crippen molar-refractivity contribution in [2.24, 2.45) is 0 Å². The molecule has 0 saturated carbocycles. The fourth-order valence-electron chi connectivity index (χ4n) is 2.28. The standard InChI is InChI=1S/C9H11F2N3O2.C6H6O3S/c1-2-16-8(15)7-13-5-3-12-4-6(5)14(7)9(10)11;7-10(8,9)6-4-2-1-3-5-6/h9,12H,2-4H2,1H3;1-5H,(H,7,8,9). The molecule has 2 aromatic rings. The summed E-state index contributed by atoms with van der Waals surface area (Å²) in [6, 6.07) is 7.42. The molecule has 1 aromatic carbocycles. The van der Waals surface area contributed by atoms with Crippen LogP contribution >= 0.6 is 0 Å². The number of nitrogens with one attached hydrogen (secondary N) is 1. The summed E-state index contributed by atoms with van der Waals surface area (Å²) in [5.41, 5.74) is 0.849. The Hall–Kier alpha value is -2.37. The zero-order chi connectivity index (χ0) is 19.3. The summed E-state index contributed by atoms with van der Waals surface area (Å²) in [6.07, 6.45) is 0. The second-order valence-electron chi connectivity index (χ2n) is 5.09. The van der Waals surface area contributed by atoms with Gasteiger partial charge in [-0.15, -0.1) is 0 Å². The van der Waals surface area contributed by atoms with E-state index in [1.807, 2.05) is 0 Å². The lowest BCUT2D eigenvalue weighted by atomic mass is 10.4. The van der Waals surface area contributed by atoms with E-state index in [1.54, 1.807) is 25.1 Å². The second-order valence-corrected chi connectivity index (χ2v) is 6.51. The zero-order valence-corrected chi connectivity index (χ0v) is 14.5. The number of imidazole rings is 1. The molecule has 142 valence electrons. The highest BCUT2D eigenvalue weighted by molar-refractivity contribution is 7.85. The maximum Gasteiger partial charge on any atom is 0.374 e. The van der Waals surface area contributed by atoms with E-state index in [1.165, 1.54) is 12.1 Å². The maximum atomic E-state index is 12.8. The molecule has 0 aliphatic carbocycles. The van der Waals surface area contributed by atoms with Gasteiger partial charge in [0.2, 0.25) is 5.82 Å². The van der Waals surface area contributed by atoms with Gasteiger partial charge in [-0.1, -0.05) is 18.2 Å². The van der Waals surface area contributed by atoms with Gasteiger partial charge in [0, 0.05) is 13.1 Å². The Bertz CT molecular complexity index is 869. The van der Waals surface area contributed by atoms with E-state index in [9.17, 15) is 22.0 Å². The zero-order valence-electron chi connectivity index (χ0n) is 13.7. The van der Waals surface area contributed by atoms with Gasteiger partial charge in [0.05, 0.1) is 22.9 Å². The number of benzene rings is 1. The summed E-state index contributed by atoms with van der Waals surface area (Å²) in [7, 11) is -4.00. The van der Waals surface area contributed by atoms with Crippen molar-refractivity contribution in [3.8, 4) is 0 Å². The molecular weight excluding hydrogens is 372 g/mol. The smallest absolute Gasteiger partial charge is 0.374 e. The first kappa shape index (κ1) is 19.9. The van der Waals surface area contributed by atoms with Crippen LogP contribution in [0.2, 0.25) is 0 Å². The van der Waals surface area contributed by atoms with E-state index in [0.29, 0.717) is 29.0 Å². The SMILES string of the molecule is CCOC(=O)c1nc2c(n1C(F)F)CNC2.O=S(=O)(O)c1ccccc1. The molecule has 2 N–H and O–H groups in total. The molecule has 8 nitrogen and oxygen atoms in total. The Balaban J connectivity index is 0.000000209. The van der Waals surface area contributed by atoms with Gasteiger partial charge in [0.15, 0.2) is 0 Å². The van der Waals surface area contributed by atoms with Crippen molar-refractivity contribution in [1.29, 1.82) is 0 Å². The van der Waals surface area contributed by atoms with Crippen molar-refractivity contribution < 1.29 is 31.3 Å². The Morgan fingerprint density at radius 2 is 2.00 bits per heavy atom. The number of nitrogens with zero attached hydrogens (tertiary/aromatic N) is 2. The van der Waals surface area contributed by atoms with Gasteiger partial charge < -0.3 is 10.1 Å². The van der Waals surface area contributed by atoms with Gasteiger partial charge in [0.1, 0.15) is 0 Å². The Kier molecular flexibility index (Phi) is 6.40. The number of rotatable bonds is 4. The lowest BCUT2D eigenvalue weighted by molar-refractivity contribution is 0.0392. The maximum absolute atomic E-state index is 12.8. The topological polar surface area (TPSA) is 111 Å². The van der Waals surface area contributed by atoms with Crippen LogP contribution in [0.5, 0.6) is 0 Å².